The van der Waals surface area contributed by atoms with Crippen molar-refractivity contribution >= 4 is 45.6 Å². The number of benzene rings is 3. The first-order valence-corrected chi connectivity index (χ1v) is 10.1. The Morgan fingerprint density at radius 1 is 0.906 bits per heavy atom. The number of esters is 1. The average molecular weight is 496 g/mol. The summed E-state index contributed by atoms with van der Waals surface area (Å²) in [5.74, 6) is -1.39. The Kier molecular flexibility index (Phi) is 7.71. The minimum Gasteiger partial charge on any atom is -0.497 e. The van der Waals surface area contributed by atoms with Crippen LogP contribution in [0, 0.1) is 0 Å². The molecule has 0 spiro atoms. The molecule has 9 heteroatoms. The summed E-state index contributed by atoms with van der Waals surface area (Å²) in [4.78, 5) is 36.1. The number of ether oxygens (including phenoxy) is 2. The number of hydrogen-bond donors (Lipinski definition) is 2. The number of amides is 2. The van der Waals surface area contributed by atoms with Gasteiger partial charge in [0, 0.05) is 16.2 Å². The number of halogens is 1. The van der Waals surface area contributed by atoms with E-state index in [-0.39, 0.29) is 0 Å². The van der Waals surface area contributed by atoms with Crippen molar-refractivity contribution in [1.29, 1.82) is 0 Å². The topological polar surface area (TPSA) is 106 Å². The van der Waals surface area contributed by atoms with Crippen LogP contribution in [0.15, 0.2) is 82.4 Å². The van der Waals surface area contributed by atoms with Crippen molar-refractivity contribution in [2.75, 3.05) is 12.4 Å². The summed E-state index contributed by atoms with van der Waals surface area (Å²) >= 11 is 3.31. The maximum Gasteiger partial charge on any atom is 0.344 e. The summed E-state index contributed by atoms with van der Waals surface area (Å²) < 4.78 is 11.0. The lowest BCUT2D eigenvalue weighted by molar-refractivity contribution is -0.136. The van der Waals surface area contributed by atoms with Crippen molar-refractivity contribution in [3.63, 3.8) is 0 Å². The molecule has 0 aliphatic rings. The van der Waals surface area contributed by atoms with Crippen LogP contribution in [-0.2, 0) is 9.59 Å². The van der Waals surface area contributed by atoms with Crippen LogP contribution >= 0.6 is 15.9 Å². The molecule has 0 atom stereocenters. The highest BCUT2D eigenvalue weighted by Crippen LogP contribution is 2.19. The third kappa shape index (κ3) is 6.26. The lowest BCUT2D eigenvalue weighted by Gasteiger charge is -2.06. The molecule has 2 N–H and O–H groups in total. The molecular weight excluding hydrogens is 478 g/mol. The predicted octanol–water partition coefficient (Wildman–Crippen LogP) is 3.77. The fraction of sp³-hybridized carbons (Fsp3) is 0.0435. The van der Waals surface area contributed by atoms with Gasteiger partial charge in [0.15, 0.2) is 0 Å². The number of methoxy groups -OCH3 is 1. The van der Waals surface area contributed by atoms with E-state index >= 15 is 0 Å². The van der Waals surface area contributed by atoms with E-state index in [1.165, 1.54) is 13.3 Å². The van der Waals surface area contributed by atoms with Gasteiger partial charge in [-0.25, -0.2) is 10.2 Å². The summed E-state index contributed by atoms with van der Waals surface area (Å²) in [5, 5.41) is 6.22. The van der Waals surface area contributed by atoms with Crippen molar-refractivity contribution < 1.29 is 23.9 Å². The Hall–Kier alpha value is -3.98. The number of hydrogen-bond acceptors (Lipinski definition) is 6. The maximum absolute atomic E-state index is 12.2. The van der Waals surface area contributed by atoms with Gasteiger partial charge >= 0.3 is 17.8 Å². The zero-order chi connectivity index (χ0) is 22.9. The van der Waals surface area contributed by atoms with E-state index in [1.54, 1.807) is 72.8 Å². The molecule has 0 aromatic heterocycles. The third-order valence-corrected chi connectivity index (χ3v) is 4.79. The lowest BCUT2D eigenvalue weighted by atomic mass is 10.2. The summed E-state index contributed by atoms with van der Waals surface area (Å²) in [6.45, 7) is 0. The molecule has 0 radical (unpaired) electrons. The number of nitrogens with one attached hydrogen (secondary N) is 2. The van der Waals surface area contributed by atoms with Gasteiger partial charge in [0.05, 0.1) is 18.9 Å². The summed E-state index contributed by atoms with van der Waals surface area (Å²) in [5.41, 5.74) is 3.60. The SMILES string of the molecule is COc1cccc(NC(=O)C(=O)N/N=C\c2ccc(OC(=O)c3ccccc3Br)cc2)c1. The number of anilines is 1. The minimum absolute atomic E-state index is 0.351. The molecule has 3 rings (SSSR count). The van der Waals surface area contributed by atoms with Crippen molar-refractivity contribution in [3.8, 4) is 11.5 Å². The van der Waals surface area contributed by atoms with Gasteiger partial charge in [-0.3, -0.25) is 9.59 Å². The quantitative estimate of drug-likeness (QED) is 0.178. The van der Waals surface area contributed by atoms with E-state index in [0.29, 0.717) is 32.8 Å². The number of carbonyl (C=O) groups is 3. The molecule has 162 valence electrons. The van der Waals surface area contributed by atoms with Crippen LogP contribution in [-0.4, -0.2) is 31.1 Å². The number of hydrazone groups is 1. The number of nitrogens with zero attached hydrogens (tertiary/aromatic N) is 1. The highest BCUT2D eigenvalue weighted by atomic mass is 79.9. The van der Waals surface area contributed by atoms with E-state index in [4.69, 9.17) is 9.47 Å². The second kappa shape index (κ2) is 10.9. The monoisotopic (exact) mass is 495 g/mol. The van der Waals surface area contributed by atoms with Gasteiger partial charge in [0.1, 0.15) is 11.5 Å². The zero-order valence-corrected chi connectivity index (χ0v) is 18.5. The van der Waals surface area contributed by atoms with E-state index in [9.17, 15) is 14.4 Å². The van der Waals surface area contributed by atoms with Crippen LogP contribution in [0.3, 0.4) is 0 Å². The van der Waals surface area contributed by atoms with E-state index < -0.39 is 17.8 Å². The smallest absolute Gasteiger partial charge is 0.344 e. The second-order valence-corrected chi connectivity index (χ2v) is 7.18. The van der Waals surface area contributed by atoms with Gasteiger partial charge in [-0.1, -0.05) is 18.2 Å². The van der Waals surface area contributed by atoms with Gasteiger partial charge < -0.3 is 14.8 Å². The summed E-state index contributed by atoms with van der Waals surface area (Å²) in [7, 11) is 1.50. The Morgan fingerprint density at radius 2 is 1.66 bits per heavy atom. The average Bonchev–Trinajstić information content (AvgIpc) is 2.80. The number of carbonyl (C=O) groups excluding carboxylic acids is 3. The van der Waals surface area contributed by atoms with Crippen molar-refractivity contribution in [3.05, 3.63) is 88.4 Å². The summed E-state index contributed by atoms with van der Waals surface area (Å²) in [6.07, 6.45) is 1.36. The second-order valence-electron chi connectivity index (χ2n) is 6.32. The molecule has 0 saturated carbocycles. The molecule has 8 nitrogen and oxygen atoms in total. The standard InChI is InChI=1S/C23H18BrN3O5/c1-31-18-6-4-5-16(13-18)26-21(28)22(29)27-25-14-15-9-11-17(12-10-15)32-23(30)19-7-2-3-8-20(19)24/h2-14H,1H3,(H,26,28)(H,27,29)/b25-14-. The highest BCUT2D eigenvalue weighted by Gasteiger charge is 2.13. The lowest BCUT2D eigenvalue weighted by Crippen LogP contribution is -2.32. The van der Waals surface area contributed by atoms with Gasteiger partial charge in [-0.15, -0.1) is 0 Å². The maximum atomic E-state index is 12.2. The van der Waals surface area contributed by atoms with Crippen LogP contribution in [0.5, 0.6) is 11.5 Å². The zero-order valence-electron chi connectivity index (χ0n) is 16.9. The summed E-state index contributed by atoms with van der Waals surface area (Å²) in [6, 6.07) is 20.0. The first-order chi connectivity index (χ1) is 15.5. The van der Waals surface area contributed by atoms with Crippen LogP contribution in [0.2, 0.25) is 0 Å². The Labute approximate surface area is 192 Å². The van der Waals surface area contributed by atoms with E-state index in [1.807, 2.05) is 0 Å². The first kappa shape index (κ1) is 22.7. The van der Waals surface area contributed by atoms with E-state index in [0.717, 1.165) is 0 Å². The molecule has 3 aromatic carbocycles. The predicted molar refractivity (Wildman–Crippen MR) is 123 cm³/mol. The normalized spacial score (nSPS) is 10.4. The molecule has 0 unspecified atom stereocenters. The van der Waals surface area contributed by atoms with Gasteiger partial charge in [-0.05, 0) is 70.0 Å². The fourth-order valence-electron chi connectivity index (χ4n) is 2.52. The first-order valence-electron chi connectivity index (χ1n) is 9.31. The van der Waals surface area contributed by atoms with Crippen molar-refractivity contribution in [2.24, 2.45) is 5.10 Å². The molecular formula is C23H18BrN3O5. The molecule has 0 aliphatic heterocycles. The van der Waals surface area contributed by atoms with E-state index in [2.05, 4.69) is 31.8 Å². The molecule has 3 aromatic rings. The molecule has 0 bridgehead atoms. The Morgan fingerprint density at radius 3 is 2.38 bits per heavy atom. The molecule has 32 heavy (non-hydrogen) atoms. The van der Waals surface area contributed by atoms with Crippen LogP contribution in [0.25, 0.3) is 0 Å². The molecule has 2 amide bonds. The largest absolute Gasteiger partial charge is 0.497 e. The Balaban J connectivity index is 1.52. The van der Waals surface area contributed by atoms with Gasteiger partial charge in [0.25, 0.3) is 0 Å². The minimum atomic E-state index is -0.928. The molecule has 0 saturated heterocycles. The molecule has 0 aliphatic carbocycles. The molecule has 0 fully saturated rings. The third-order valence-electron chi connectivity index (χ3n) is 4.10. The van der Waals surface area contributed by atoms with Gasteiger partial charge in [-0.2, -0.15) is 5.10 Å². The molecule has 0 heterocycles. The highest BCUT2D eigenvalue weighted by molar-refractivity contribution is 9.10. The van der Waals surface area contributed by atoms with Crippen LogP contribution in [0.4, 0.5) is 5.69 Å². The van der Waals surface area contributed by atoms with Crippen LogP contribution < -0.4 is 20.2 Å². The Bertz CT molecular complexity index is 1160. The van der Waals surface area contributed by atoms with Crippen molar-refractivity contribution in [1.82, 2.24) is 5.43 Å². The fourth-order valence-corrected chi connectivity index (χ4v) is 2.96. The van der Waals surface area contributed by atoms with Gasteiger partial charge in [0.2, 0.25) is 0 Å². The van der Waals surface area contributed by atoms with Crippen molar-refractivity contribution in [2.45, 2.75) is 0 Å². The van der Waals surface area contributed by atoms with Crippen LogP contribution in [0.1, 0.15) is 15.9 Å². The number of rotatable bonds is 6.